The quantitative estimate of drug-likeness (QED) is 0.434. The minimum absolute atomic E-state index is 0.0938. The highest BCUT2D eigenvalue weighted by molar-refractivity contribution is 5.93. The monoisotopic (exact) mass is 412 g/mol. The largest absolute Gasteiger partial charge is 0.396 e. The van der Waals surface area contributed by atoms with Crippen molar-refractivity contribution >= 4 is 41.2 Å². The van der Waals surface area contributed by atoms with E-state index in [0.29, 0.717) is 6.42 Å². The summed E-state index contributed by atoms with van der Waals surface area (Å²) in [6.07, 6.45) is 9.73. The Morgan fingerprint density at radius 3 is 1.52 bits per heavy atom. The van der Waals surface area contributed by atoms with Crippen LogP contribution in [0.1, 0.15) is 34.2 Å². The molecule has 0 bridgehead atoms. The second-order valence-corrected chi connectivity index (χ2v) is 6.46. The van der Waals surface area contributed by atoms with Gasteiger partial charge in [0.15, 0.2) is 0 Å². The molecule has 3 aromatic carbocycles. The van der Waals surface area contributed by atoms with Crippen LogP contribution < -0.4 is 0 Å². The molecule has 0 amide bonds. The topological polar surface area (TPSA) is 40.5 Å². The molecule has 0 heterocycles. The zero-order valence-electron chi connectivity index (χ0n) is 18.1. The van der Waals surface area contributed by atoms with Crippen LogP contribution in [0.2, 0.25) is 0 Å². The SMILES string of the molecule is C=Cc1ccc2ccccc2c1C=C.C=Cc1cccc(C=C)c1C=C.OCCCO. The molecule has 160 valence electrons. The van der Waals surface area contributed by atoms with Crippen molar-refractivity contribution in [1.29, 1.82) is 0 Å². The van der Waals surface area contributed by atoms with Crippen molar-refractivity contribution in [2.75, 3.05) is 13.2 Å². The maximum Gasteiger partial charge on any atom is 0.0452 e. The van der Waals surface area contributed by atoms with Crippen LogP contribution in [-0.2, 0) is 0 Å². The maximum absolute atomic E-state index is 7.91. The molecule has 0 aliphatic carbocycles. The molecule has 2 heteroatoms. The molecule has 0 fully saturated rings. The third kappa shape index (κ3) is 7.38. The van der Waals surface area contributed by atoms with Crippen molar-refractivity contribution in [3.05, 3.63) is 115 Å². The summed E-state index contributed by atoms with van der Waals surface area (Å²) in [6.45, 7) is 19.0. The summed E-state index contributed by atoms with van der Waals surface area (Å²) in [5.41, 5.74) is 5.60. The van der Waals surface area contributed by atoms with Crippen LogP contribution in [0.5, 0.6) is 0 Å². The van der Waals surface area contributed by atoms with E-state index in [0.717, 1.165) is 27.8 Å². The van der Waals surface area contributed by atoms with Crippen LogP contribution in [-0.4, -0.2) is 23.4 Å². The van der Waals surface area contributed by atoms with Gasteiger partial charge in [-0.15, -0.1) is 0 Å². The van der Waals surface area contributed by atoms with Crippen LogP contribution >= 0.6 is 0 Å². The van der Waals surface area contributed by atoms with Gasteiger partial charge < -0.3 is 10.2 Å². The summed E-state index contributed by atoms with van der Waals surface area (Å²) < 4.78 is 0. The van der Waals surface area contributed by atoms with E-state index in [1.54, 1.807) is 0 Å². The fourth-order valence-electron chi connectivity index (χ4n) is 2.98. The van der Waals surface area contributed by atoms with E-state index in [9.17, 15) is 0 Å². The minimum atomic E-state index is 0.0938. The molecule has 2 N–H and O–H groups in total. The van der Waals surface area contributed by atoms with Gasteiger partial charge in [-0.1, -0.05) is 118 Å². The Morgan fingerprint density at radius 2 is 1.06 bits per heavy atom. The summed E-state index contributed by atoms with van der Waals surface area (Å²) >= 11 is 0. The van der Waals surface area contributed by atoms with E-state index in [-0.39, 0.29) is 13.2 Å². The van der Waals surface area contributed by atoms with Crippen molar-refractivity contribution in [3.8, 4) is 0 Å². The second kappa shape index (κ2) is 14.5. The normalized spacial score (nSPS) is 9.35. The van der Waals surface area contributed by atoms with E-state index >= 15 is 0 Å². The maximum atomic E-state index is 7.91. The van der Waals surface area contributed by atoms with Gasteiger partial charge in [0.1, 0.15) is 0 Å². The van der Waals surface area contributed by atoms with E-state index in [2.05, 4.69) is 57.2 Å². The molecule has 31 heavy (non-hydrogen) atoms. The number of aliphatic hydroxyl groups excluding tert-OH is 2. The van der Waals surface area contributed by atoms with Gasteiger partial charge in [-0.25, -0.2) is 0 Å². The first-order chi connectivity index (χ1) is 15.1. The van der Waals surface area contributed by atoms with Gasteiger partial charge in [0.2, 0.25) is 0 Å². The molecule has 0 saturated heterocycles. The molecule has 3 aromatic rings. The van der Waals surface area contributed by atoms with E-state index in [1.165, 1.54) is 10.8 Å². The Hall–Kier alpha value is -3.46. The fraction of sp³-hybridized carbons (Fsp3) is 0.103. The van der Waals surface area contributed by atoms with Crippen molar-refractivity contribution in [3.63, 3.8) is 0 Å². The van der Waals surface area contributed by atoms with E-state index in [4.69, 9.17) is 10.2 Å². The number of rotatable bonds is 7. The summed E-state index contributed by atoms with van der Waals surface area (Å²) in [6, 6.07) is 18.5. The van der Waals surface area contributed by atoms with Crippen molar-refractivity contribution < 1.29 is 10.2 Å². The zero-order chi connectivity index (χ0) is 23.1. The summed E-state index contributed by atoms with van der Waals surface area (Å²) in [5, 5.41) is 18.3. The van der Waals surface area contributed by atoms with Crippen LogP contribution in [0.3, 0.4) is 0 Å². The van der Waals surface area contributed by atoms with Crippen LogP contribution in [0.15, 0.2) is 87.5 Å². The summed E-state index contributed by atoms with van der Waals surface area (Å²) in [7, 11) is 0. The number of fused-ring (bicyclic) bond motifs is 1. The third-order valence-corrected chi connectivity index (χ3v) is 4.56. The van der Waals surface area contributed by atoms with Gasteiger partial charge in [0, 0.05) is 13.2 Å². The average molecular weight is 413 g/mol. The first-order valence-corrected chi connectivity index (χ1v) is 10.1. The van der Waals surface area contributed by atoms with E-state index < -0.39 is 0 Å². The molecular formula is C29H32O2. The Kier molecular flexibility index (Phi) is 12.0. The van der Waals surface area contributed by atoms with Crippen LogP contribution in [0.4, 0.5) is 0 Å². The molecule has 0 unspecified atom stereocenters. The molecule has 3 rings (SSSR count). The molecule has 0 aliphatic heterocycles. The number of aliphatic hydroxyl groups is 2. The molecule has 0 aliphatic rings. The third-order valence-electron chi connectivity index (χ3n) is 4.56. The Morgan fingerprint density at radius 1 is 0.548 bits per heavy atom. The lowest BCUT2D eigenvalue weighted by Gasteiger charge is -2.05. The van der Waals surface area contributed by atoms with Crippen molar-refractivity contribution in [1.82, 2.24) is 0 Å². The first-order valence-electron chi connectivity index (χ1n) is 10.1. The average Bonchev–Trinajstić information content (AvgIpc) is 2.83. The zero-order valence-corrected chi connectivity index (χ0v) is 18.1. The van der Waals surface area contributed by atoms with Crippen molar-refractivity contribution in [2.24, 2.45) is 0 Å². The lowest BCUT2D eigenvalue weighted by molar-refractivity contribution is 0.221. The molecule has 2 nitrogen and oxygen atoms in total. The Balaban J connectivity index is 0.000000259. The fourth-order valence-corrected chi connectivity index (χ4v) is 2.98. The lowest BCUT2D eigenvalue weighted by atomic mass is 9.99. The van der Waals surface area contributed by atoms with Gasteiger partial charge in [-0.3, -0.25) is 0 Å². The Bertz CT molecular complexity index is 1000. The molecular weight excluding hydrogens is 380 g/mol. The molecule has 0 aromatic heterocycles. The lowest BCUT2D eigenvalue weighted by Crippen LogP contribution is -1.85. The minimum Gasteiger partial charge on any atom is -0.396 e. The number of benzene rings is 3. The highest BCUT2D eigenvalue weighted by Crippen LogP contribution is 2.24. The van der Waals surface area contributed by atoms with Gasteiger partial charge in [-0.05, 0) is 45.0 Å². The Labute approximate surface area is 186 Å². The van der Waals surface area contributed by atoms with Gasteiger partial charge >= 0.3 is 0 Å². The number of hydrogen-bond donors (Lipinski definition) is 2. The van der Waals surface area contributed by atoms with Gasteiger partial charge in [0.05, 0.1) is 0 Å². The van der Waals surface area contributed by atoms with Crippen LogP contribution in [0, 0.1) is 0 Å². The molecule has 0 atom stereocenters. The first kappa shape index (κ1) is 25.6. The summed E-state index contributed by atoms with van der Waals surface area (Å²) in [4.78, 5) is 0. The highest BCUT2D eigenvalue weighted by atomic mass is 16.3. The van der Waals surface area contributed by atoms with Crippen molar-refractivity contribution in [2.45, 2.75) is 6.42 Å². The predicted octanol–water partition coefficient (Wildman–Crippen LogP) is 7.10. The summed E-state index contributed by atoms with van der Waals surface area (Å²) in [5.74, 6) is 0. The molecule has 0 saturated carbocycles. The molecule has 0 spiro atoms. The smallest absolute Gasteiger partial charge is 0.0452 e. The standard InChI is InChI=1S/C14H12.C12H12.C3H8O2/c1-3-11-9-10-12-7-5-6-8-14(12)13(11)4-2;1-4-10-8-7-9-11(5-2)12(10)6-3;4-2-1-3-5/h3-10H,1-2H2;4-9H,1-3H2;4-5H,1-3H2. The van der Waals surface area contributed by atoms with Gasteiger partial charge in [-0.2, -0.15) is 0 Å². The van der Waals surface area contributed by atoms with Crippen LogP contribution in [0.25, 0.3) is 41.2 Å². The second-order valence-electron chi connectivity index (χ2n) is 6.46. The number of hydrogen-bond acceptors (Lipinski definition) is 2. The predicted molar refractivity (Wildman–Crippen MR) is 140 cm³/mol. The molecule has 0 radical (unpaired) electrons. The van der Waals surface area contributed by atoms with E-state index in [1.807, 2.05) is 60.7 Å². The van der Waals surface area contributed by atoms with Gasteiger partial charge in [0.25, 0.3) is 0 Å². The highest BCUT2D eigenvalue weighted by Gasteiger charge is 2.00.